The number of nitrogens with zero attached hydrogens (tertiary/aromatic N) is 5. The first-order chi connectivity index (χ1) is 15.2. The third kappa shape index (κ3) is 3.26. The van der Waals surface area contributed by atoms with E-state index in [2.05, 4.69) is 16.9 Å². The molecule has 6 heterocycles. The summed E-state index contributed by atoms with van der Waals surface area (Å²) in [5, 5.41) is 0. The molecule has 0 saturated carbocycles. The summed E-state index contributed by atoms with van der Waals surface area (Å²) in [5.74, 6) is 0. The Labute approximate surface area is 179 Å². The van der Waals surface area contributed by atoms with Crippen molar-refractivity contribution < 1.29 is 0 Å². The Hall–Kier alpha value is -4.25. The Kier molecular flexibility index (Phi) is 3.93. The van der Waals surface area contributed by atoms with Crippen molar-refractivity contribution >= 4 is 28.4 Å². The average Bonchev–Trinajstić information content (AvgIpc) is 3.55. The normalized spacial score (nSPS) is 20.8. The summed E-state index contributed by atoms with van der Waals surface area (Å²) >= 11 is 0. The predicted octanol–water partition coefficient (Wildman–Crippen LogP) is 4.89. The molecular weight excluding hydrogens is 382 g/mol. The van der Waals surface area contributed by atoms with E-state index in [4.69, 9.17) is 15.0 Å². The van der Waals surface area contributed by atoms with E-state index < -0.39 is 0 Å². The van der Waals surface area contributed by atoms with Gasteiger partial charge in [-0.05, 0) is 85.4 Å². The van der Waals surface area contributed by atoms with Gasteiger partial charge in [0.05, 0.1) is 51.3 Å². The molecule has 5 aliphatic heterocycles. The van der Waals surface area contributed by atoms with Gasteiger partial charge in [-0.3, -0.25) is 4.98 Å². The Morgan fingerprint density at radius 2 is 1.23 bits per heavy atom. The molecule has 1 aromatic rings. The molecule has 5 nitrogen and oxygen atoms in total. The van der Waals surface area contributed by atoms with Crippen LogP contribution in [0.15, 0.2) is 133 Å². The third-order valence-electron chi connectivity index (χ3n) is 5.39. The van der Waals surface area contributed by atoms with Gasteiger partial charge in [-0.1, -0.05) is 6.07 Å². The van der Waals surface area contributed by atoms with Crippen LogP contribution in [0.1, 0.15) is 12.6 Å². The largest absolute Gasteiger partial charge is 0.256 e. The molecule has 0 atom stereocenters. The number of fused-ring (bicyclic) bond motifs is 4. The van der Waals surface area contributed by atoms with Crippen molar-refractivity contribution in [3.63, 3.8) is 0 Å². The molecule has 5 aliphatic rings. The van der Waals surface area contributed by atoms with E-state index in [1.807, 2.05) is 79.0 Å². The van der Waals surface area contributed by atoms with Crippen molar-refractivity contribution in [2.45, 2.75) is 6.92 Å². The fourth-order valence-electron chi connectivity index (χ4n) is 3.92. The lowest BCUT2D eigenvalue weighted by atomic mass is 10.0. The number of allylic oxidation sites excluding steroid dienone is 12. The van der Waals surface area contributed by atoms with E-state index in [0.29, 0.717) is 0 Å². The highest BCUT2D eigenvalue weighted by atomic mass is 14.9. The zero-order valence-corrected chi connectivity index (χ0v) is 16.8. The standard InChI is InChI=1S/C26H17N5/c1-16-24-14-21-9-7-19(29-21)12-17-5-6-18(28-17)13-20-8-10-22(30-20)15-25(31-24)26(16)23-4-2-3-11-27-23/h2-15H,1H3. The smallest absolute Gasteiger partial charge is 0.0756 e. The molecule has 0 unspecified atom stereocenters. The number of hydrogen-bond acceptors (Lipinski definition) is 5. The second kappa shape index (κ2) is 6.92. The van der Waals surface area contributed by atoms with Crippen LogP contribution in [-0.2, 0) is 0 Å². The van der Waals surface area contributed by atoms with Gasteiger partial charge in [0.25, 0.3) is 0 Å². The topological polar surface area (TPSA) is 62.3 Å². The summed E-state index contributed by atoms with van der Waals surface area (Å²) in [5.41, 5.74) is 9.94. The first kappa shape index (κ1) is 17.6. The molecule has 0 fully saturated rings. The molecule has 0 N–H and O–H groups in total. The van der Waals surface area contributed by atoms with Crippen molar-refractivity contribution in [2.75, 3.05) is 0 Å². The molecule has 31 heavy (non-hydrogen) atoms. The van der Waals surface area contributed by atoms with Gasteiger partial charge in [0.1, 0.15) is 0 Å². The van der Waals surface area contributed by atoms with Crippen LogP contribution in [0.4, 0.5) is 0 Å². The Bertz CT molecular complexity index is 1390. The number of rotatable bonds is 1. The van der Waals surface area contributed by atoms with E-state index >= 15 is 0 Å². The maximum atomic E-state index is 4.93. The van der Waals surface area contributed by atoms with Crippen LogP contribution in [0.5, 0.6) is 0 Å². The molecule has 0 aromatic carbocycles. The summed E-state index contributed by atoms with van der Waals surface area (Å²) in [7, 11) is 0. The number of aromatic nitrogens is 1. The van der Waals surface area contributed by atoms with Gasteiger partial charge in [0.2, 0.25) is 0 Å². The Balaban J connectivity index is 1.55. The minimum absolute atomic E-state index is 0.853. The highest BCUT2D eigenvalue weighted by Crippen LogP contribution is 2.34. The molecular formula is C26H17N5. The molecule has 146 valence electrons. The number of hydrogen-bond donors (Lipinski definition) is 0. The van der Waals surface area contributed by atoms with Crippen molar-refractivity contribution in [2.24, 2.45) is 20.0 Å². The monoisotopic (exact) mass is 399 g/mol. The molecule has 1 aromatic heterocycles. The van der Waals surface area contributed by atoms with Gasteiger partial charge in [-0.25, -0.2) is 20.0 Å². The van der Waals surface area contributed by atoms with Crippen LogP contribution in [0.25, 0.3) is 5.57 Å². The summed E-state index contributed by atoms with van der Waals surface area (Å²) in [6.45, 7) is 2.08. The maximum Gasteiger partial charge on any atom is 0.0756 e. The van der Waals surface area contributed by atoms with Gasteiger partial charge in [-0.15, -0.1) is 0 Å². The lowest BCUT2D eigenvalue weighted by molar-refractivity contribution is 1.26. The first-order valence-electron chi connectivity index (χ1n) is 10.1. The molecule has 0 spiro atoms. The van der Waals surface area contributed by atoms with E-state index in [-0.39, 0.29) is 0 Å². The highest BCUT2D eigenvalue weighted by molar-refractivity contribution is 6.21. The minimum Gasteiger partial charge on any atom is -0.256 e. The van der Waals surface area contributed by atoms with Crippen molar-refractivity contribution in [3.8, 4) is 0 Å². The molecule has 8 bridgehead atoms. The van der Waals surface area contributed by atoms with Gasteiger partial charge in [0.15, 0.2) is 0 Å². The van der Waals surface area contributed by atoms with Crippen LogP contribution >= 0.6 is 0 Å². The zero-order valence-electron chi connectivity index (χ0n) is 16.8. The highest BCUT2D eigenvalue weighted by Gasteiger charge is 2.23. The van der Waals surface area contributed by atoms with Gasteiger partial charge in [-0.2, -0.15) is 0 Å². The second-order valence-corrected chi connectivity index (χ2v) is 7.56. The van der Waals surface area contributed by atoms with Gasteiger partial charge in [0, 0.05) is 11.8 Å². The quantitative estimate of drug-likeness (QED) is 0.663. The fraction of sp³-hybridized carbons (Fsp3) is 0.0385. The van der Waals surface area contributed by atoms with E-state index in [0.717, 1.165) is 62.5 Å². The van der Waals surface area contributed by atoms with Crippen LogP contribution in [0.2, 0.25) is 0 Å². The SMILES string of the molecule is CC1=C(c2ccccn2)C2=CC3=NC(=CC4=NC(=CC5=NC(=CC1=N2)C=C5)C=C4)C=C3. The number of aliphatic imine (C=N–C) groups is 4. The Morgan fingerprint density at radius 1 is 0.613 bits per heavy atom. The third-order valence-corrected chi connectivity index (χ3v) is 5.39. The Morgan fingerprint density at radius 3 is 1.84 bits per heavy atom. The average molecular weight is 399 g/mol. The van der Waals surface area contributed by atoms with E-state index in [1.165, 1.54) is 0 Å². The maximum absolute atomic E-state index is 4.93. The molecule has 0 radical (unpaired) electrons. The summed E-state index contributed by atoms with van der Waals surface area (Å²) in [6, 6.07) is 5.92. The van der Waals surface area contributed by atoms with E-state index in [1.54, 1.807) is 6.20 Å². The van der Waals surface area contributed by atoms with Gasteiger partial charge < -0.3 is 0 Å². The van der Waals surface area contributed by atoms with E-state index in [9.17, 15) is 0 Å². The second-order valence-electron chi connectivity index (χ2n) is 7.56. The van der Waals surface area contributed by atoms with Crippen LogP contribution < -0.4 is 0 Å². The van der Waals surface area contributed by atoms with Crippen LogP contribution in [0.3, 0.4) is 0 Å². The lowest BCUT2D eigenvalue weighted by Gasteiger charge is -2.05. The molecule has 0 amide bonds. The molecule has 0 saturated heterocycles. The summed E-state index contributed by atoms with van der Waals surface area (Å²) < 4.78 is 0. The van der Waals surface area contributed by atoms with Crippen LogP contribution in [0, 0.1) is 0 Å². The zero-order chi connectivity index (χ0) is 20.8. The van der Waals surface area contributed by atoms with Crippen molar-refractivity contribution in [1.82, 2.24) is 4.98 Å². The first-order valence-corrected chi connectivity index (χ1v) is 10.1. The molecule has 0 aliphatic carbocycles. The van der Waals surface area contributed by atoms with Crippen molar-refractivity contribution in [1.29, 1.82) is 0 Å². The number of pyridine rings is 1. The van der Waals surface area contributed by atoms with Crippen molar-refractivity contribution in [3.05, 3.63) is 119 Å². The summed E-state index contributed by atoms with van der Waals surface area (Å²) in [4.78, 5) is 23.6. The minimum atomic E-state index is 0.853. The fourth-order valence-corrected chi connectivity index (χ4v) is 3.92. The van der Waals surface area contributed by atoms with Crippen LogP contribution in [-0.4, -0.2) is 27.8 Å². The molecule has 6 rings (SSSR count). The van der Waals surface area contributed by atoms with Gasteiger partial charge >= 0.3 is 0 Å². The summed E-state index contributed by atoms with van der Waals surface area (Å²) in [6.07, 6.45) is 21.8. The lowest BCUT2D eigenvalue weighted by Crippen LogP contribution is -1.96. The predicted molar refractivity (Wildman–Crippen MR) is 126 cm³/mol. The molecule has 5 heteroatoms.